The number of benzene rings is 3. The molecule has 7 nitrogen and oxygen atoms in total. The van der Waals surface area contributed by atoms with Crippen LogP contribution in [0.3, 0.4) is 0 Å². The van der Waals surface area contributed by atoms with Gasteiger partial charge < -0.3 is 14.2 Å². The first-order chi connectivity index (χ1) is 14.7. The average molecular weight is 402 g/mol. The lowest BCUT2D eigenvalue weighted by Crippen LogP contribution is -2.19. The van der Waals surface area contributed by atoms with E-state index >= 15 is 0 Å². The lowest BCUT2D eigenvalue weighted by molar-refractivity contribution is -0.120. The van der Waals surface area contributed by atoms with E-state index in [0.29, 0.717) is 28.4 Å². The summed E-state index contributed by atoms with van der Waals surface area (Å²) in [6.07, 6.45) is 1.73. The van der Waals surface area contributed by atoms with Crippen molar-refractivity contribution in [2.24, 2.45) is 5.10 Å². The summed E-state index contributed by atoms with van der Waals surface area (Å²) in [5.41, 5.74) is 4.42. The van der Waals surface area contributed by atoms with E-state index in [9.17, 15) is 9.59 Å². The van der Waals surface area contributed by atoms with E-state index in [1.165, 1.54) is 6.21 Å². The van der Waals surface area contributed by atoms with Gasteiger partial charge in [-0.3, -0.25) is 4.79 Å². The lowest BCUT2D eigenvalue weighted by Gasteiger charge is -2.06. The number of amides is 1. The summed E-state index contributed by atoms with van der Waals surface area (Å²) in [6, 6.07) is 21.1. The summed E-state index contributed by atoms with van der Waals surface area (Å²) in [4.78, 5) is 24.3. The van der Waals surface area contributed by atoms with Gasteiger partial charge in [-0.2, -0.15) is 5.10 Å². The average Bonchev–Trinajstić information content (AvgIpc) is 3.22. The van der Waals surface area contributed by atoms with Crippen LogP contribution in [-0.4, -0.2) is 24.9 Å². The Kier molecular flexibility index (Phi) is 5.70. The van der Waals surface area contributed by atoms with E-state index in [4.69, 9.17) is 14.2 Å². The Morgan fingerprint density at radius 3 is 2.67 bits per heavy atom. The molecule has 0 saturated heterocycles. The first-order valence-electron chi connectivity index (χ1n) is 9.25. The van der Waals surface area contributed by atoms with E-state index in [0.717, 1.165) is 5.56 Å². The maximum absolute atomic E-state index is 12.4. The number of nitrogens with zero attached hydrogens (tertiary/aromatic N) is 1. The summed E-state index contributed by atoms with van der Waals surface area (Å²) in [5.74, 6) is 0.731. The first kappa shape index (κ1) is 19.2. The molecule has 0 unspecified atom stereocenters. The molecule has 0 radical (unpaired) electrons. The Bertz CT molecular complexity index is 1100. The zero-order valence-electron chi connectivity index (χ0n) is 15.9. The normalized spacial score (nSPS) is 12.0. The molecule has 0 aromatic heterocycles. The molecule has 0 spiro atoms. The van der Waals surface area contributed by atoms with Gasteiger partial charge in [0.25, 0.3) is 0 Å². The van der Waals surface area contributed by atoms with Crippen LogP contribution in [0.1, 0.15) is 21.5 Å². The predicted molar refractivity (Wildman–Crippen MR) is 110 cm³/mol. The van der Waals surface area contributed by atoms with E-state index in [1.807, 2.05) is 30.3 Å². The topological polar surface area (TPSA) is 86.2 Å². The molecular weight excluding hydrogens is 384 g/mol. The molecule has 1 heterocycles. The molecular formula is C23H18N2O5. The van der Waals surface area contributed by atoms with Crippen LogP contribution in [0.5, 0.6) is 17.2 Å². The number of hydrogen-bond donors (Lipinski definition) is 1. The molecule has 1 aliphatic rings. The van der Waals surface area contributed by atoms with Crippen LogP contribution in [0, 0.1) is 0 Å². The first-order valence-corrected chi connectivity index (χ1v) is 9.25. The summed E-state index contributed by atoms with van der Waals surface area (Å²) in [5, 5.41) is 3.96. The van der Waals surface area contributed by atoms with Crippen LogP contribution >= 0.6 is 0 Å². The summed E-state index contributed by atoms with van der Waals surface area (Å²) >= 11 is 0. The molecule has 0 aliphatic carbocycles. The minimum atomic E-state index is -0.515. The predicted octanol–water partition coefficient (Wildman–Crippen LogP) is 3.33. The lowest BCUT2D eigenvalue weighted by atomic mass is 10.1. The third kappa shape index (κ3) is 4.82. The van der Waals surface area contributed by atoms with Crippen LogP contribution in [0.15, 0.2) is 77.9 Å². The second kappa shape index (κ2) is 8.91. The van der Waals surface area contributed by atoms with Gasteiger partial charge in [0.15, 0.2) is 11.5 Å². The molecule has 1 aliphatic heterocycles. The van der Waals surface area contributed by atoms with Crippen molar-refractivity contribution in [2.45, 2.75) is 6.42 Å². The molecule has 1 N–H and O–H groups in total. The maximum atomic E-state index is 12.4. The van der Waals surface area contributed by atoms with Gasteiger partial charge in [-0.05, 0) is 41.5 Å². The van der Waals surface area contributed by atoms with Crippen LogP contribution in [0.2, 0.25) is 0 Å². The molecule has 30 heavy (non-hydrogen) atoms. The van der Waals surface area contributed by atoms with Crippen molar-refractivity contribution in [1.82, 2.24) is 5.43 Å². The molecule has 0 fully saturated rings. The molecule has 0 bridgehead atoms. The minimum absolute atomic E-state index is 0.136. The Balaban J connectivity index is 1.35. The summed E-state index contributed by atoms with van der Waals surface area (Å²) in [7, 11) is 0. The van der Waals surface area contributed by atoms with Crippen molar-refractivity contribution in [3.05, 3.63) is 89.5 Å². The standard InChI is InChI=1S/C23H18N2O5/c26-22(12-16-5-2-1-3-6-16)25-24-14-17-7-4-8-19(11-17)30-23(27)18-9-10-20-21(13-18)29-15-28-20/h1-11,13-14H,12,15H2,(H,25,26)/b24-14+. The van der Waals surface area contributed by atoms with Crippen LogP contribution in [0.25, 0.3) is 0 Å². The highest BCUT2D eigenvalue weighted by Crippen LogP contribution is 2.32. The van der Waals surface area contributed by atoms with Gasteiger partial charge in [-0.15, -0.1) is 0 Å². The van der Waals surface area contributed by atoms with E-state index in [-0.39, 0.29) is 19.1 Å². The second-order valence-electron chi connectivity index (χ2n) is 6.49. The quantitative estimate of drug-likeness (QED) is 0.296. The monoisotopic (exact) mass is 402 g/mol. The Hall–Kier alpha value is -4.13. The highest BCUT2D eigenvalue weighted by atomic mass is 16.7. The third-order valence-electron chi connectivity index (χ3n) is 4.29. The number of hydrazone groups is 1. The summed E-state index contributed by atoms with van der Waals surface area (Å²) < 4.78 is 15.9. The van der Waals surface area contributed by atoms with Crippen LogP contribution in [0.4, 0.5) is 0 Å². The molecule has 1 amide bonds. The highest BCUT2D eigenvalue weighted by Gasteiger charge is 2.17. The fraction of sp³-hybridized carbons (Fsp3) is 0.0870. The number of nitrogens with one attached hydrogen (secondary N) is 1. The van der Waals surface area contributed by atoms with Crippen molar-refractivity contribution < 1.29 is 23.8 Å². The molecule has 0 saturated carbocycles. The smallest absolute Gasteiger partial charge is 0.343 e. The fourth-order valence-corrected chi connectivity index (χ4v) is 2.85. The van der Waals surface area contributed by atoms with Gasteiger partial charge in [0.05, 0.1) is 18.2 Å². The van der Waals surface area contributed by atoms with Crippen LogP contribution in [-0.2, 0) is 11.2 Å². The number of esters is 1. The van der Waals surface area contributed by atoms with Crippen molar-refractivity contribution in [3.63, 3.8) is 0 Å². The van der Waals surface area contributed by atoms with Crippen molar-refractivity contribution in [2.75, 3.05) is 6.79 Å². The van der Waals surface area contributed by atoms with E-state index in [2.05, 4.69) is 10.5 Å². The number of rotatable bonds is 6. The molecule has 150 valence electrons. The summed E-state index contributed by atoms with van der Waals surface area (Å²) in [6.45, 7) is 0.136. The zero-order valence-corrected chi connectivity index (χ0v) is 15.9. The molecule has 4 rings (SSSR count). The molecule has 0 atom stereocenters. The van der Waals surface area contributed by atoms with Gasteiger partial charge in [0.1, 0.15) is 5.75 Å². The van der Waals surface area contributed by atoms with Gasteiger partial charge in [0, 0.05) is 0 Å². The van der Waals surface area contributed by atoms with Gasteiger partial charge in [-0.1, -0.05) is 42.5 Å². The number of carbonyl (C=O) groups excluding carboxylic acids is 2. The van der Waals surface area contributed by atoms with Crippen LogP contribution < -0.4 is 19.6 Å². The van der Waals surface area contributed by atoms with Crippen molar-refractivity contribution in [1.29, 1.82) is 0 Å². The largest absolute Gasteiger partial charge is 0.454 e. The maximum Gasteiger partial charge on any atom is 0.343 e. The highest BCUT2D eigenvalue weighted by molar-refractivity contribution is 5.92. The third-order valence-corrected chi connectivity index (χ3v) is 4.29. The minimum Gasteiger partial charge on any atom is -0.454 e. The molecule has 3 aromatic rings. The van der Waals surface area contributed by atoms with Gasteiger partial charge in [0.2, 0.25) is 12.7 Å². The van der Waals surface area contributed by atoms with E-state index in [1.54, 1.807) is 42.5 Å². The molecule has 7 heteroatoms. The Morgan fingerprint density at radius 1 is 0.967 bits per heavy atom. The van der Waals surface area contributed by atoms with Crippen molar-refractivity contribution in [3.8, 4) is 17.2 Å². The number of ether oxygens (including phenoxy) is 3. The second-order valence-corrected chi connectivity index (χ2v) is 6.49. The number of fused-ring (bicyclic) bond motifs is 1. The fourth-order valence-electron chi connectivity index (χ4n) is 2.85. The number of carbonyl (C=O) groups is 2. The SMILES string of the molecule is O=C(Cc1ccccc1)N/N=C/c1cccc(OC(=O)c2ccc3c(c2)OCO3)c1. The molecule has 3 aromatic carbocycles. The Labute approximate surface area is 172 Å². The van der Waals surface area contributed by atoms with E-state index < -0.39 is 5.97 Å². The zero-order chi connectivity index (χ0) is 20.8. The number of hydrogen-bond acceptors (Lipinski definition) is 6. The van der Waals surface area contributed by atoms with Gasteiger partial charge in [-0.25, -0.2) is 10.2 Å². The Morgan fingerprint density at radius 2 is 1.80 bits per heavy atom. The van der Waals surface area contributed by atoms with Gasteiger partial charge >= 0.3 is 5.97 Å². The van der Waals surface area contributed by atoms with Crippen molar-refractivity contribution >= 4 is 18.1 Å².